The number of pyridine rings is 3. The SMILES string of the molecule is CCC1CC(c2nc(-c3ccc(OC(C)C)nc3)ccc2C(=O)NS(=O)(=O)c2cccc(N)n2)[C@@H](C)C1. The molecule has 196 valence electrons. The molecule has 4 rings (SSSR count). The Morgan fingerprint density at radius 2 is 1.92 bits per heavy atom. The van der Waals surface area contributed by atoms with Gasteiger partial charge >= 0.3 is 0 Å². The number of nitrogens with zero attached hydrogens (tertiary/aromatic N) is 3. The Hall–Kier alpha value is -3.53. The lowest BCUT2D eigenvalue weighted by molar-refractivity contribution is 0.0979. The molecule has 1 amide bonds. The number of hydrogen-bond acceptors (Lipinski definition) is 8. The predicted molar refractivity (Wildman–Crippen MR) is 141 cm³/mol. The molecule has 10 heteroatoms. The van der Waals surface area contributed by atoms with E-state index in [2.05, 4.69) is 28.5 Å². The molecule has 1 saturated carbocycles. The molecular weight excluding hydrogens is 490 g/mol. The molecule has 1 aliphatic carbocycles. The van der Waals surface area contributed by atoms with E-state index in [1.165, 1.54) is 18.2 Å². The van der Waals surface area contributed by atoms with Crippen molar-refractivity contribution in [2.24, 2.45) is 11.8 Å². The van der Waals surface area contributed by atoms with Gasteiger partial charge in [-0.25, -0.2) is 14.7 Å². The first-order valence-electron chi connectivity index (χ1n) is 12.5. The van der Waals surface area contributed by atoms with E-state index in [1.54, 1.807) is 24.4 Å². The van der Waals surface area contributed by atoms with Gasteiger partial charge in [-0.05, 0) is 68.9 Å². The number of nitrogens with two attached hydrogens (primary N) is 1. The molecule has 1 aliphatic rings. The van der Waals surface area contributed by atoms with Crippen LogP contribution in [0.1, 0.15) is 68.9 Å². The van der Waals surface area contributed by atoms with Crippen molar-refractivity contribution in [2.75, 3.05) is 5.73 Å². The van der Waals surface area contributed by atoms with E-state index in [9.17, 15) is 13.2 Å². The highest BCUT2D eigenvalue weighted by atomic mass is 32.2. The zero-order chi connectivity index (χ0) is 26.7. The average Bonchev–Trinajstić information content (AvgIpc) is 3.24. The third-order valence-corrected chi connectivity index (χ3v) is 7.95. The molecule has 37 heavy (non-hydrogen) atoms. The number of amides is 1. The van der Waals surface area contributed by atoms with Gasteiger partial charge in [0, 0.05) is 23.7 Å². The quantitative estimate of drug-likeness (QED) is 0.438. The second-order valence-electron chi connectivity index (χ2n) is 9.85. The zero-order valence-corrected chi connectivity index (χ0v) is 22.3. The second kappa shape index (κ2) is 10.8. The molecule has 3 atom stereocenters. The molecule has 3 N–H and O–H groups in total. The van der Waals surface area contributed by atoms with Gasteiger partial charge in [-0.3, -0.25) is 9.78 Å². The molecule has 3 heterocycles. The minimum atomic E-state index is -4.22. The Bertz CT molecular complexity index is 1380. The normalized spacial score (nSPS) is 19.6. The molecule has 0 aromatic carbocycles. The number of nitrogens with one attached hydrogen (secondary N) is 1. The van der Waals surface area contributed by atoms with Crippen LogP contribution in [0.5, 0.6) is 5.88 Å². The first kappa shape index (κ1) is 26.5. The number of hydrogen-bond donors (Lipinski definition) is 2. The first-order valence-corrected chi connectivity index (χ1v) is 14.0. The molecule has 0 saturated heterocycles. The highest BCUT2D eigenvalue weighted by Gasteiger charge is 2.35. The number of rotatable bonds is 8. The monoisotopic (exact) mass is 523 g/mol. The van der Waals surface area contributed by atoms with Gasteiger partial charge < -0.3 is 10.5 Å². The van der Waals surface area contributed by atoms with Crippen molar-refractivity contribution in [3.8, 4) is 17.1 Å². The molecule has 2 unspecified atom stereocenters. The van der Waals surface area contributed by atoms with Crippen LogP contribution in [0.4, 0.5) is 5.82 Å². The van der Waals surface area contributed by atoms with E-state index < -0.39 is 15.9 Å². The summed E-state index contributed by atoms with van der Waals surface area (Å²) in [5.74, 6) is 0.665. The van der Waals surface area contributed by atoms with Gasteiger partial charge in [0.05, 0.1) is 23.1 Å². The maximum atomic E-state index is 13.3. The number of ether oxygens (including phenoxy) is 1. The highest BCUT2D eigenvalue weighted by molar-refractivity contribution is 7.90. The summed E-state index contributed by atoms with van der Waals surface area (Å²) in [6.45, 7) is 8.18. The van der Waals surface area contributed by atoms with Crippen molar-refractivity contribution < 1.29 is 17.9 Å². The number of sulfonamides is 1. The van der Waals surface area contributed by atoms with Gasteiger partial charge in [0.2, 0.25) is 5.88 Å². The molecule has 0 bridgehead atoms. The summed E-state index contributed by atoms with van der Waals surface area (Å²) >= 11 is 0. The maximum Gasteiger partial charge on any atom is 0.281 e. The molecule has 0 aliphatic heterocycles. The van der Waals surface area contributed by atoms with Gasteiger partial charge in [-0.1, -0.05) is 26.3 Å². The zero-order valence-electron chi connectivity index (χ0n) is 21.5. The fourth-order valence-electron chi connectivity index (χ4n) is 4.86. The van der Waals surface area contributed by atoms with Crippen molar-refractivity contribution >= 4 is 21.7 Å². The van der Waals surface area contributed by atoms with Crippen molar-refractivity contribution in [3.05, 3.63) is 59.9 Å². The van der Waals surface area contributed by atoms with Crippen molar-refractivity contribution in [1.82, 2.24) is 19.7 Å². The van der Waals surface area contributed by atoms with Crippen molar-refractivity contribution in [3.63, 3.8) is 0 Å². The lowest BCUT2D eigenvalue weighted by atomic mass is 9.90. The van der Waals surface area contributed by atoms with Crippen LogP contribution in [0.2, 0.25) is 0 Å². The van der Waals surface area contributed by atoms with E-state index in [1.807, 2.05) is 19.9 Å². The third-order valence-electron chi connectivity index (χ3n) is 6.71. The van der Waals surface area contributed by atoms with Crippen molar-refractivity contribution in [1.29, 1.82) is 0 Å². The minimum Gasteiger partial charge on any atom is -0.475 e. The van der Waals surface area contributed by atoms with Crippen LogP contribution in [0.15, 0.2) is 53.7 Å². The van der Waals surface area contributed by atoms with Gasteiger partial charge in [-0.2, -0.15) is 8.42 Å². The van der Waals surface area contributed by atoms with Crippen LogP contribution < -0.4 is 15.2 Å². The van der Waals surface area contributed by atoms with Crippen LogP contribution >= 0.6 is 0 Å². The van der Waals surface area contributed by atoms with Gasteiger partial charge in [0.15, 0.2) is 5.03 Å². The topological polar surface area (TPSA) is 137 Å². The Balaban J connectivity index is 1.70. The highest BCUT2D eigenvalue weighted by Crippen LogP contribution is 2.45. The van der Waals surface area contributed by atoms with Crippen LogP contribution in [-0.4, -0.2) is 35.4 Å². The molecular formula is C27H33N5O4S. The van der Waals surface area contributed by atoms with Crippen molar-refractivity contribution in [2.45, 2.75) is 64.0 Å². The molecule has 0 radical (unpaired) electrons. The van der Waals surface area contributed by atoms with Crippen LogP contribution in [0.3, 0.4) is 0 Å². The first-order chi connectivity index (χ1) is 17.6. The molecule has 3 aromatic rings. The summed E-state index contributed by atoms with van der Waals surface area (Å²) in [7, 11) is -4.22. The Kier molecular flexibility index (Phi) is 7.77. The average molecular weight is 524 g/mol. The largest absolute Gasteiger partial charge is 0.475 e. The Morgan fingerprint density at radius 3 is 2.54 bits per heavy atom. The smallest absolute Gasteiger partial charge is 0.281 e. The fraction of sp³-hybridized carbons (Fsp3) is 0.407. The van der Waals surface area contributed by atoms with E-state index in [-0.39, 0.29) is 28.4 Å². The van der Waals surface area contributed by atoms with Gasteiger partial charge in [-0.15, -0.1) is 0 Å². The van der Waals surface area contributed by atoms with Crippen LogP contribution in [0.25, 0.3) is 11.3 Å². The van der Waals surface area contributed by atoms with E-state index >= 15 is 0 Å². The molecule has 1 fully saturated rings. The summed E-state index contributed by atoms with van der Waals surface area (Å²) in [6, 6.07) is 11.2. The number of nitrogen functional groups attached to an aromatic ring is 1. The fourth-order valence-corrected chi connectivity index (χ4v) is 5.80. The lowest BCUT2D eigenvalue weighted by Crippen LogP contribution is -2.32. The number of anilines is 1. The molecule has 9 nitrogen and oxygen atoms in total. The molecule has 3 aromatic heterocycles. The van der Waals surface area contributed by atoms with E-state index in [4.69, 9.17) is 15.5 Å². The molecule has 0 spiro atoms. The summed E-state index contributed by atoms with van der Waals surface area (Å²) in [5.41, 5.74) is 7.90. The van der Waals surface area contributed by atoms with Gasteiger partial charge in [0.25, 0.3) is 15.9 Å². The Morgan fingerprint density at radius 1 is 1.14 bits per heavy atom. The second-order valence-corrected chi connectivity index (χ2v) is 11.5. The number of carbonyl (C=O) groups excluding carboxylic acids is 1. The summed E-state index contributed by atoms with van der Waals surface area (Å²) in [6.07, 6.45) is 4.65. The standard InChI is InChI=1S/C27H33N5O4S/c1-5-18-13-17(4)21(14-18)26-20(27(33)32-37(34,35)25-8-6-7-23(28)31-25)10-11-22(30-26)19-9-12-24(29-15-19)36-16(2)3/h6-12,15-18,21H,5,13-14H2,1-4H3,(H2,28,31)(H,32,33)/t17-,18?,21?/m0/s1. The van der Waals surface area contributed by atoms with E-state index in [0.29, 0.717) is 29.1 Å². The third kappa shape index (κ3) is 6.07. The number of carbonyl (C=O) groups is 1. The predicted octanol–water partition coefficient (Wildman–Crippen LogP) is 4.57. The summed E-state index contributed by atoms with van der Waals surface area (Å²) < 4.78 is 33.5. The summed E-state index contributed by atoms with van der Waals surface area (Å²) in [4.78, 5) is 26.4. The number of aromatic nitrogens is 3. The summed E-state index contributed by atoms with van der Waals surface area (Å²) in [5, 5.41) is -0.318. The lowest BCUT2D eigenvalue weighted by Gasteiger charge is -2.19. The van der Waals surface area contributed by atoms with Crippen LogP contribution in [-0.2, 0) is 10.0 Å². The van der Waals surface area contributed by atoms with Crippen LogP contribution in [0, 0.1) is 11.8 Å². The van der Waals surface area contributed by atoms with Gasteiger partial charge in [0.1, 0.15) is 5.82 Å². The van der Waals surface area contributed by atoms with E-state index in [0.717, 1.165) is 24.8 Å². The minimum absolute atomic E-state index is 0.00930. The Labute approximate surface area is 218 Å². The maximum absolute atomic E-state index is 13.3.